The molecule has 0 aliphatic carbocycles. The molecule has 6 heterocycles. The summed E-state index contributed by atoms with van der Waals surface area (Å²) in [5.41, 5.74) is 3.91. The number of carbonyl (C=O) groups excluding carboxylic acids is 5. The van der Waals surface area contributed by atoms with Crippen LogP contribution in [0.15, 0.2) is 47.4 Å². The predicted octanol–water partition coefficient (Wildman–Crippen LogP) is 3.54. The summed E-state index contributed by atoms with van der Waals surface area (Å²) in [4.78, 5) is 88.2. The molecule has 0 bridgehead atoms. The molecule has 4 aliphatic rings. The summed E-state index contributed by atoms with van der Waals surface area (Å²) in [7, 11) is 8.97. The number of hydrogen-bond acceptors (Lipinski definition) is 13. The van der Waals surface area contributed by atoms with Gasteiger partial charge in [0.2, 0.25) is 11.8 Å². The van der Waals surface area contributed by atoms with Gasteiger partial charge in [0.25, 0.3) is 23.3 Å². The number of likely N-dealkylation sites (tertiary alicyclic amines) is 1. The van der Waals surface area contributed by atoms with Gasteiger partial charge >= 0.3 is 0 Å². The van der Waals surface area contributed by atoms with E-state index in [9.17, 15) is 28.8 Å². The van der Waals surface area contributed by atoms with E-state index < -0.39 is 29.7 Å². The Morgan fingerprint density at radius 3 is 2.11 bits per heavy atom. The zero-order chi connectivity index (χ0) is 44.5. The molecule has 0 saturated carbocycles. The Bertz CT molecular complexity index is 2480. The van der Waals surface area contributed by atoms with Crippen molar-refractivity contribution in [3.63, 3.8) is 0 Å². The summed E-state index contributed by atoms with van der Waals surface area (Å²) < 4.78 is 13.9. The monoisotopic (exact) mass is 880 g/mol. The number of rotatable bonds is 14. The van der Waals surface area contributed by atoms with Crippen LogP contribution in [0, 0.1) is 0 Å². The van der Waals surface area contributed by atoms with Crippen molar-refractivity contribution < 1.29 is 33.4 Å². The highest BCUT2D eigenvalue weighted by Crippen LogP contribution is 2.40. The number of piperazine rings is 1. The van der Waals surface area contributed by atoms with Crippen molar-refractivity contribution >= 4 is 56.6 Å². The fourth-order valence-electron chi connectivity index (χ4n) is 9.29. The average molecular weight is 881 g/mol. The molecule has 8 rings (SSSR count). The molecule has 1 atom stereocenters. The van der Waals surface area contributed by atoms with E-state index in [1.54, 1.807) is 44.0 Å². The zero-order valence-corrected chi connectivity index (χ0v) is 37.5. The number of piperidine rings is 2. The van der Waals surface area contributed by atoms with Gasteiger partial charge in [-0.3, -0.25) is 43.9 Å². The summed E-state index contributed by atoms with van der Waals surface area (Å²) in [5.74, 6) is -0.765. The maximum Gasteiger partial charge on any atom is 0.262 e. The van der Waals surface area contributed by atoms with Gasteiger partial charge in [-0.25, -0.2) is 0 Å². The SMILES string of the molecule is COc1cc(-c2cn(C)c(=O)c3cc(C(=O)NC4CCN(CCCCN5CCN(c6ccc7c(c6)C(=O)N(C6CCC(=O)NC6=O)C7=O)CC5)CC4)sc23)cc(OC)c1CN(C)C. The van der Waals surface area contributed by atoms with Crippen molar-refractivity contribution in [2.24, 2.45) is 7.05 Å². The largest absolute Gasteiger partial charge is 0.496 e. The van der Waals surface area contributed by atoms with E-state index in [1.165, 1.54) is 11.3 Å². The molecule has 334 valence electrons. The number of amides is 5. The third-order valence-corrected chi connectivity index (χ3v) is 13.9. The van der Waals surface area contributed by atoms with Gasteiger partial charge in [0.15, 0.2) is 0 Å². The second kappa shape index (κ2) is 18.6. The second-order valence-corrected chi connectivity index (χ2v) is 18.3. The van der Waals surface area contributed by atoms with E-state index in [0.717, 1.165) is 110 Å². The van der Waals surface area contributed by atoms with Gasteiger partial charge in [0.05, 0.1) is 41.2 Å². The lowest BCUT2D eigenvalue weighted by atomic mass is 10.0. The summed E-state index contributed by atoms with van der Waals surface area (Å²) in [6.45, 7) is 7.84. The second-order valence-electron chi connectivity index (χ2n) is 17.2. The van der Waals surface area contributed by atoms with Gasteiger partial charge < -0.3 is 34.1 Å². The molecule has 4 aromatic rings. The Balaban J connectivity index is 0.789. The fraction of sp³-hybridized carbons (Fsp3) is 0.478. The number of nitrogens with zero attached hydrogens (tertiary/aromatic N) is 6. The molecule has 2 aromatic carbocycles. The maximum absolute atomic E-state index is 13.6. The molecule has 3 saturated heterocycles. The first-order valence-corrected chi connectivity index (χ1v) is 22.5. The highest BCUT2D eigenvalue weighted by Gasteiger charge is 2.45. The van der Waals surface area contributed by atoms with Gasteiger partial charge in [-0.1, -0.05) is 0 Å². The number of ether oxygens (including phenoxy) is 2. The Morgan fingerprint density at radius 1 is 0.825 bits per heavy atom. The molecule has 1 unspecified atom stereocenters. The topological polar surface area (TPSA) is 166 Å². The van der Waals surface area contributed by atoms with Gasteiger partial charge in [-0.15, -0.1) is 11.3 Å². The van der Waals surface area contributed by atoms with Crippen molar-refractivity contribution in [2.75, 3.05) is 85.6 Å². The first-order valence-electron chi connectivity index (χ1n) is 21.7. The minimum Gasteiger partial charge on any atom is -0.496 e. The van der Waals surface area contributed by atoms with E-state index in [4.69, 9.17) is 9.47 Å². The number of imide groups is 2. The number of methoxy groups -OCH3 is 2. The number of nitrogens with one attached hydrogen (secondary N) is 2. The first kappa shape index (κ1) is 44.0. The minimum atomic E-state index is -0.976. The Morgan fingerprint density at radius 2 is 1.48 bits per heavy atom. The van der Waals surface area contributed by atoms with E-state index in [-0.39, 0.29) is 30.3 Å². The third-order valence-electron chi connectivity index (χ3n) is 12.7. The summed E-state index contributed by atoms with van der Waals surface area (Å²) in [5, 5.41) is 6.00. The number of thiophene rings is 1. The number of aromatic nitrogens is 1. The quantitative estimate of drug-likeness (QED) is 0.140. The number of carbonyl (C=O) groups is 5. The molecule has 4 aliphatic heterocycles. The highest BCUT2D eigenvalue weighted by molar-refractivity contribution is 7.21. The van der Waals surface area contributed by atoms with E-state index in [1.807, 2.05) is 43.4 Å². The predicted molar refractivity (Wildman–Crippen MR) is 241 cm³/mol. The van der Waals surface area contributed by atoms with E-state index in [2.05, 4.69) is 25.3 Å². The fourth-order valence-corrected chi connectivity index (χ4v) is 10.4. The van der Waals surface area contributed by atoms with Gasteiger partial charge in [-0.2, -0.15) is 0 Å². The van der Waals surface area contributed by atoms with Gasteiger partial charge in [0.1, 0.15) is 17.5 Å². The van der Waals surface area contributed by atoms with Crippen molar-refractivity contribution in [1.82, 2.24) is 34.8 Å². The molecule has 3 fully saturated rings. The number of hydrogen-bond donors (Lipinski definition) is 2. The molecule has 2 N–H and O–H groups in total. The molecule has 0 radical (unpaired) electrons. The van der Waals surface area contributed by atoms with Crippen molar-refractivity contribution in [3.05, 3.63) is 74.5 Å². The number of unbranched alkanes of at least 4 members (excludes halogenated alkanes) is 1. The van der Waals surface area contributed by atoms with Crippen LogP contribution in [-0.4, -0.2) is 146 Å². The lowest BCUT2D eigenvalue weighted by molar-refractivity contribution is -0.136. The average Bonchev–Trinajstić information content (AvgIpc) is 3.83. The number of aryl methyl sites for hydroxylation is 1. The molecule has 17 heteroatoms. The number of anilines is 1. The van der Waals surface area contributed by atoms with Crippen LogP contribution in [0.4, 0.5) is 5.69 Å². The van der Waals surface area contributed by atoms with Gasteiger partial charge in [0, 0.05) is 87.5 Å². The third kappa shape index (κ3) is 9.10. The zero-order valence-electron chi connectivity index (χ0n) is 36.7. The van der Waals surface area contributed by atoms with Crippen molar-refractivity contribution in [1.29, 1.82) is 0 Å². The van der Waals surface area contributed by atoms with Crippen LogP contribution in [0.2, 0.25) is 0 Å². The molecular formula is C46H56N8O8S. The lowest BCUT2D eigenvalue weighted by Gasteiger charge is -2.36. The minimum absolute atomic E-state index is 0.0591. The normalized spacial score (nSPS) is 19.0. The molecule has 2 aromatic heterocycles. The molecule has 0 spiro atoms. The molecule has 63 heavy (non-hydrogen) atoms. The standard InChI is InChI=1S/C46H56N8O8S/c1-49(2)26-35-37(61-4)22-28(23-38(35)62-5)34-27-50(3)44(58)33-25-39(63-41(33)34)43(57)47-29-12-16-51(17-13-29)14-6-7-15-52-18-20-53(21-19-52)30-8-9-31-32(24-30)46(60)54(45(31)59)36-10-11-40(55)48-42(36)56/h8-9,22-25,27,29,36H,6-7,10-21,26H2,1-5H3,(H,47,57)(H,48,55,56). The van der Waals surface area contributed by atoms with Crippen LogP contribution in [0.3, 0.4) is 0 Å². The molecule has 5 amide bonds. The summed E-state index contributed by atoms with van der Waals surface area (Å²) in [6.07, 6.45) is 5.92. The number of fused-ring (bicyclic) bond motifs is 2. The van der Waals surface area contributed by atoms with Crippen molar-refractivity contribution in [3.8, 4) is 22.6 Å². The molecular weight excluding hydrogens is 825 g/mol. The number of pyridine rings is 1. The highest BCUT2D eigenvalue weighted by atomic mass is 32.1. The number of benzene rings is 2. The Labute approximate surface area is 370 Å². The van der Waals surface area contributed by atoms with Crippen LogP contribution < -0.4 is 30.6 Å². The van der Waals surface area contributed by atoms with E-state index in [0.29, 0.717) is 39.4 Å². The van der Waals surface area contributed by atoms with Crippen LogP contribution in [0.1, 0.15) is 74.5 Å². The smallest absolute Gasteiger partial charge is 0.262 e. The van der Waals surface area contributed by atoms with Crippen LogP contribution in [-0.2, 0) is 23.2 Å². The van der Waals surface area contributed by atoms with Gasteiger partial charge in [-0.05, 0) is 101 Å². The Hall–Kier alpha value is -5.62. The van der Waals surface area contributed by atoms with Crippen molar-refractivity contribution in [2.45, 2.75) is 57.2 Å². The maximum atomic E-state index is 13.6. The Kier molecular flexibility index (Phi) is 13.0. The summed E-state index contributed by atoms with van der Waals surface area (Å²) in [6, 6.07) is 10.0. The van der Waals surface area contributed by atoms with Crippen LogP contribution in [0.5, 0.6) is 11.5 Å². The van der Waals surface area contributed by atoms with Crippen LogP contribution >= 0.6 is 11.3 Å². The summed E-state index contributed by atoms with van der Waals surface area (Å²) >= 11 is 1.34. The first-order chi connectivity index (χ1) is 30.3. The van der Waals surface area contributed by atoms with E-state index >= 15 is 0 Å². The lowest BCUT2D eigenvalue weighted by Crippen LogP contribution is -2.54. The molecule has 16 nitrogen and oxygen atoms in total. The van der Waals surface area contributed by atoms with Crippen LogP contribution in [0.25, 0.3) is 21.2 Å².